The van der Waals surface area contributed by atoms with Crippen LogP contribution in [-0.2, 0) is 0 Å². The number of rotatable bonds is 3. The van der Waals surface area contributed by atoms with Gasteiger partial charge in [0.15, 0.2) is 0 Å². The van der Waals surface area contributed by atoms with E-state index in [1.54, 1.807) is 0 Å². The van der Waals surface area contributed by atoms with Gasteiger partial charge in [0.1, 0.15) is 23.1 Å². The summed E-state index contributed by atoms with van der Waals surface area (Å²) in [6.07, 6.45) is 0. The van der Waals surface area contributed by atoms with Crippen LogP contribution in [0, 0.1) is 6.92 Å². The fourth-order valence-corrected chi connectivity index (χ4v) is 2.54. The molecular weight excluding hydrogens is 246 g/mol. The van der Waals surface area contributed by atoms with Crippen molar-refractivity contribution in [2.75, 3.05) is 7.05 Å². The van der Waals surface area contributed by atoms with Crippen molar-refractivity contribution >= 4 is 22.5 Å². The number of aromatic nitrogens is 2. The van der Waals surface area contributed by atoms with Crippen molar-refractivity contribution < 1.29 is 4.42 Å². The highest BCUT2D eigenvalue weighted by Crippen LogP contribution is 2.28. The van der Waals surface area contributed by atoms with Crippen molar-refractivity contribution in [2.24, 2.45) is 0 Å². The zero-order valence-corrected chi connectivity index (χ0v) is 11.0. The summed E-state index contributed by atoms with van der Waals surface area (Å²) in [5.41, 5.74) is 3.02. The Hall–Kier alpha value is -1.72. The Kier molecular flexibility index (Phi) is 2.85. The molecule has 1 atom stereocenters. The second kappa shape index (κ2) is 4.51. The standard InChI is InChI=1S/C13H13N3OS/c1-8-3-4-11-9(5-8)6-12(17-11)13(14-2)10-7-18-16-15-10/h3-7,13-14H,1-2H3. The van der Waals surface area contributed by atoms with Crippen LogP contribution in [0.2, 0.25) is 0 Å². The van der Waals surface area contributed by atoms with Gasteiger partial charge in [-0.05, 0) is 43.7 Å². The second-order valence-electron chi connectivity index (χ2n) is 4.24. The molecule has 0 aliphatic heterocycles. The molecule has 0 fully saturated rings. The molecule has 2 heterocycles. The number of fused-ring (bicyclic) bond motifs is 1. The largest absolute Gasteiger partial charge is 0.459 e. The Morgan fingerprint density at radius 2 is 2.22 bits per heavy atom. The third-order valence-electron chi connectivity index (χ3n) is 2.94. The Labute approximate surface area is 109 Å². The summed E-state index contributed by atoms with van der Waals surface area (Å²) in [5.74, 6) is 0.866. The van der Waals surface area contributed by atoms with Gasteiger partial charge in [-0.1, -0.05) is 16.1 Å². The van der Waals surface area contributed by atoms with E-state index in [9.17, 15) is 0 Å². The van der Waals surface area contributed by atoms with Gasteiger partial charge in [-0.3, -0.25) is 0 Å². The van der Waals surface area contributed by atoms with Crippen molar-refractivity contribution in [3.05, 3.63) is 46.7 Å². The molecule has 1 unspecified atom stereocenters. The fourth-order valence-electron chi connectivity index (χ4n) is 2.06. The molecule has 0 aliphatic rings. The number of hydrogen-bond acceptors (Lipinski definition) is 5. The minimum absolute atomic E-state index is 0.0449. The first-order valence-electron chi connectivity index (χ1n) is 5.72. The van der Waals surface area contributed by atoms with E-state index in [1.807, 2.05) is 24.6 Å². The predicted octanol–water partition coefficient (Wildman–Crippen LogP) is 2.90. The zero-order chi connectivity index (χ0) is 12.5. The van der Waals surface area contributed by atoms with Crippen LogP contribution in [0.5, 0.6) is 0 Å². The second-order valence-corrected chi connectivity index (χ2v) is 4.85. The van der Waals surface area contributed by atoms with Gasteiger partial charge >= 0.3 is 0 Å². The molecule has 18 heavy (non-hydrogen) atoms. The van der Waals surface area contributed by atoms with E-state index in [2.05, 4.69) is 34.0 Å². The lowest BCUT2D eigenvalue weighted by Crippen LogP contribution is -2.17. The minimum atomic E-state index is -0.0449. The van der Waals surface area contributed by atoms with Crippen molar-refractivity contribution in [1.29, 1.82) is 0 Å². The quantitative estimate of drug-likeness (QED) is 0.785. The Morgan fingerprint density at radius 1 is 1.33 bits per heavy atom. The maximum Gasteiger partial charge on any atom is 0.134 e. The molecular formula is C13H13N3OS. The van der Waals surface area contributed by atoms with Crippen LogP contribution in [0.15, 0.2) is 34.1 Å². The van der Waals surface area contributed by atoms with Crippen LogP contribution >= 0.6 is 11.5 Å². The van der Waals surface area contributed by atoms with E-state index < -0.39 is 0 Å². The van der Waals surface area contributed by atoms with Gasteiger partial charge in [-0.15, -0.1) is 5.10 Å². The number of benzene rings is 1. The van der Waals surface area contributed by atoms with E-state index in [-0.39, 0.29) is 6.04 Å². The lowest BCUT2D eigenvalue weighted by atomic mass is 10.1. The average Bonchev–Trinajstić information content (AvgIpc) is 2.98. The van der Waals surface area contributed by atoms with Crippen molar-refractivity contribution in [2.45, 2.75) is 13.0 Å². The summed E-state index contributed by atoms with van der Waals surface area (Å²) in [6, 6.07) is 8.18. The van der Waals surface area contributed by atoms with Gasteiger partial charge in [0, 0.05) is 10.8 Å². The number of nitrogens with zero attached hydrogens (tertiary/aromatic N) is 2. The molecule has 1 aromatic carbocycles. The van der Waals surface area contributed by atoms with Crippen LogP contribution < -0.4 is 5.32 Å². The molecule has 4 nitrogen and oxygen atoms in total. The highest BCUT2D eigenvalue weighted by Gasteiger charge is 2.19. The van der Waals surface area contributed by atoms with Gasteiger partial charge in [-0.2, -0.15) is 0 Å². The Morgan fingerprint density at radius 3 is 2.94 bits per heavy atom. The van der Waals surface area contributed by atoms with Gasteiger partial charge in [0.25, 0.3) is 0 Å². The van der Waals surface area contributed by atoms with Crippen LogP contribution in [0.1, 0.15) is 23.1 Å². The molecule has 0 spiro atoms. The van der Waals surface area contributed by atoms with Gasteiger partial charge in [-0.25, -0.2) is 0 Å². The molecule has 0 aliphatic carbocycles. The van der Waals surface area contributed by atoms with Crippen LogP contribution in [0.25, 0.3) is 11.0 Å². The molecule has 3 rings (SSSR count). The lowest BCUT2D eigenvalue weighted by molar-refractivity contribution is 0.485. The van der Waals surface area contributed by atoms with E-state index >= 15 is 0 Å². The van der Waals surface area contributed by atoms with Crippen LogP contribution in [0.3, 0.4) is 0 Å². The van der Waals surface area contributed by atoms with Gasteiger partial charge in [0.05, 0.1) is 0 Å². The number of hydrogen-bond donors (Lipinski definition) is 1. The molecule has 2 aromatic heterocycles. The van der Waals surface area contributed by atoms with E-state index in [1.165, 1.54) is 17.1 Å². The maximum atomic E-state index is 5.87. The SMILES string of the molecule is CNC(c1csnn1)c1cc2cc(C)ccc2o1. The molecule has 92 valence electrons. The summed E-state index contributed by atoms with van der Waals surface area (Å²) in [5, 5.41) is 10.4. The number of nitrogens with one attached hydrogen (secondary N) is 1. The summed E-state index contributed by atoms with van der Waals surface area (Å²) >= 11 is 1.34. The molecule has 0 bridgehead atoms. The Balaban J connectivity index is 2.07. The first-order chi connectivity index (χ1) is 8.78. The third-order valence-corrected chi connectivity index (χ3v) is 3.46. The maximum absolute atomic E-state index is 5.87. The van der Waals surface area contributed by atoms with Crippen LogP contribution in [0.4, 0.5) is 0 Å². The van der Waals surface area contributed by atoms with Gasteiger partial charge in [0.2, 0.25) is 0 Å². The topological polar surface area (TPSA) is 51.0 Å². The molecule has 5 heteroatoms. The van der Waals surface area contributed by atoms with Crippen molar-refractivity contribution in [3.8, 4) is 0 Å². The number of furan rings is 1. The first-order valence-corrected chi connectivity index (χ1v) is 6.56. The molecule has 1 N–H and O–H groups in total. The monoisotopic (exact) mass is 259 g/mol. The normalized spacial score (nSPS) is 13.0. The first kappa shape index (κ1) is 11.4. The minimum Gasteiger partial charge on any atom is -0.459 e. The van der Waals surface area contributed by atoms with Crippen molar-refractivity contribution in [3.63, 3.8) is 0 Å². The molecule has 3 aromatic rings. The molecule has 0 radical (unpaired) electrons. The average molecular weight is 259 g/mol. The summed E-state index contributed by atoms with van der Waals surface area (Å²) in [6.45, 7) is 2.08. The summed E-state index contributed by atoms with van der Waals surface area (Å²) in [7, 11) is 1.89. The van der Waals surface area contributed by atoms with Crippen LogP contribution in [-0.4, -0.2) is 16.6 Å². The highest BCUT2D eigenvalue weighted by atomic mass is 32.1. The molecule has 0 saturated carbocycles. The third kappa shape index (κ3) is 1.91. The molecule has 0 amide bonds. The lowest BCUT2D eigenvalue weighted by Gasteiger charge is -2.09. The summed E-state index contributed by atoms with van der Waals surface area (Å²) < 4.78 is 9.77. The zero-order valence-electron chi connectivity index (χ0n) is 10.2. The Bertz CT molecular complexity index is 660. The van der Waals surface area contributed by atoms with Crippen molar-refractivity contribution in [1.82, 2.24) is 14.9 Å². The highest BCUT2D eigenvalue weighted by molar-refractivity contribution is 7.03. The van der Waals surface area contributed by atoms with E-state index in [0.29, 0.717) is 0 Å². The fraction of sp³-hybridized carbons (Fsp3) is 0.231. The summed E-state index contributed by atoms with van der Waals surface area (Å²) in [4.78, 5) is 0. The van der Waals surface area contributed by atoms with E-state index in [4.69, 9.17) is 4.42 Å². The van der Waals surface area contributed by atoms with E-state index in [0.717, 1.165) is 22.4 Å². The predicted molar refractivity (Wildman–Crippen MR) is 71.8 cm³/mol. The smallest absolute Gasteiger partial charge is 0.134 e. The molecule has 0 saturated heterocycles. The number of aryl methyl sites for hydroxylation is 1. The van der Waals surface area contributed by atoms with Gasteiger partial charge < -0.3 is 9.73 Å².